The summed E-state index contributed by atoms with van der Waals surface area (Å²) in [6.07, 6.45) is 0.720. The summed E-state index contributed by atoms with van der Waals surface area (Å²) in [7, 11) is 1.72. The molecule has 0 fully saturated rings. The Balaban J connectivity index is 1.91. The fraction of sp³-hybridized carbons (Fsp3) is 0.200. The third-order valence-corrected chi connectivity index (χ3v) is 3.16. The lowest BCUT2D eigenvalue weighted by Crippen LogP contribution is -2.38. The monoisotopic (exact) mass is 323 g/mol. The van der Waals surface area contributed by atoms with E-state index in [1.165, 1.54) is 0 Å². The lowest BCUT2D eigenvalue weighted by molar-refractivity contribution is -0.136. The molecule has 0 aliphatic heterocycles. The summed E-state index contributed by atoms with van der Waals surface area (Å²) in [6.45, 7) is -0.199. The number of benzene rings is 1. The Hall–Kier alpha value is -2.74. The minimum absolute atomic E-state index is 0.199. The number of nitrogens with one attached hydrogen (secondary N) is 2. The van der Waals surface area contributed by atoms with E-state index in [1.54, 1.807) is 29.9 Å². The number of aromatic nitrogens is 1. The van der Waals surface area contributed by atoms with Crippen LogP contribution in [0.5, 0.6) is 0 Å². The molecule has 0 aliphatic carbocycles. The first-order valence-electron chi connectivity index (χ1n) is 6.72. The number of hydrogen-bond acceptors (Lipinski definition) is 3. The van der Waals surface area contributed by atoms with Crippen LogP contribution in [0, 0.1) is 11.6 Å². The molecule has 0 saturated carbocycles. The van der Waals surface area contributed by atoms with Gasteiger partial charge >= 0.3 is 11.8 Å². The maximum Gasteiger partial charge on any atom is 0.313 e. The van der Waals surface area contributed by atoms with Gasteiger partial charge in [0.15, 0.2) is 0 Å². The average Bonchev–Trinajstić information content (AvgIpc) is 2.94. The zero-order valence-corrected chi connectivity index (χ0v) is 12.2. The van der Waals surface area contributed by atoms with Crippen molar-refractivity contribution in [1.82, 2.24) is 9.88 Å². The molecule has 0 radical (unpaired) electrons. The van der Waals surface area contributed by atoms with Crippen LogP contribution in [0.25, 0.3) is 0 Å². The van der Waals surface area contributed by atoms with Crippen molar-refractivity contribution in [3.8, 4) is 0 Å². The molecule has 1 atom stereocenters. The minimum atomic E-state index is -1.16. The molecule has 3 N–H and O–H groups in total. The van der Waals surface area contributed by atoms with Crippen molar-refractivity contribution in [2.24, 2.45) is 7.05 Å². The van der Waals surface area contributed by atoms with Crippen molar-refractivity contribution >= 4 is 17.5 Å². The van der Waals surface area contributed by atoms with Gasteiger partial charge in [-0.05, 0) is 24.3 Å². The maximum absolute atomic E-state index is 13.4. The van der Waals surface area contributed by atoms with Crippen LogP contribution in [0.15, 0.2) is 36.5 Å². The molecule has 2 amide bonds. The number of nitrogens with zero attached hydrogens (tertiary/aromatic N) is 1. The standard InChI is InChI=1S/C15H15F2N3O3/c1-20-6-2-3-12(20)13(21)8-18-14(22)15(23)19-11-7-9(16)4-5-10(11)17/h2-7,13,21H,8H2,1H3,(H,18,22)(H,19,23). The van der Waals surface area contributed by atoms with Crippen molar-refractivity contribution in [3.05, 3.63) is 53.9 Å². The largest absolute Gasteiger partial charge is 0.385 e. The number of aliphatic hydroxyl groups excluding tert-OH is 1. The lowest BCUT2D eigenvalue weighted by Gasteiger charge is -2.13. The van der Waals surface area contributed by atoms with Gasteiger partial charge in [0.05, 0.1) is 5.69 Å². The molecule has 6 nitrogen and oxygen atoms in total. The zero-order valence-electron chi connectivity index (χ0n) is 12.2. The Bertz CT molecular complexity index is 731. The summed E-state index contributed by atoms with van der Waals surface area (Å²) >= 11 is 0. The predicted molar refractivity (Wildman–Crippen MR) is 78.4 cm³/mol. The second kappa shape index (κ2) is 7.01. The normalized spacial score (nSPS) is 11.8. The van der Waals surface area contributed by atoms with Crippen LogP contribution < -0.4 is 10.6 Å². The number of hydrogen-bond donors (Lipinski definition) is 3. The molecule has 122 valence electrons. The Morgan fingerprint density at radius 1 is 1.26 bits per heavy atom. The van der Waals surface area contributed by atoms with Crippen LogP contribution in [0.4, 0.5) is 14.5 Å². The van der Waals surface area contributed by atoms with Crippen LogP contribution in [0.1, 0.15) is 11.8 Å². The molecule has 0 spiro atoms. The van der Waals surface area contributed by atoms with E-state index in [2.05, 4.69) is 5.32 Å². The summed E-state index contributed by atoms with van der Waals surface area (Å²) in [4.78, 5) is 23.3. The van der Waals surface area contributed by atoms with E-state index in [9.17, 15) is 23.5 Å². The van der Waals surface area contributed by atoms with Crippen molar-refractivity contribution in [2.75, 3.05) is 11.9 Å². The van der Waals surface area contributed by atoms with E-state index < -0.39 is 35.2 Å². The van der Waals surface area contributed by atoms with Gasteiger partial charge in [-0.15, -0.1) is 0 Å². The van der Waals surface area contributed by atoms with Crippen LogP contribution in [0.3, 0.4) is 0 Å². The molecular weight excluding hydrogens is 308 g/mol. The number of amides is 2. The van der Waals surface area contributed by atoms with Gasteiger partial charge in [-0.3, -0.25) is 9.59 Å². The molecule has 2 rings (SSSR count). The van der Waals surface area contributed by atoms with Gasteiger partial charge < -0.3 is 20.3 Å². The highest BCUT2D eigenvalue weighted by Crippen LogP contribution is 2.15. The quantitative estimate of drug-likeness (QED) is 0.737. The van der Waals surface area contributed by atoms with Crippen LogP contribution in [-0.2, 0) is 16.6 Å². The van der Waals surface area contributed by atoms with E-state index in [1.807, 2.05) is 5.32 Å². The predicted octanol–water partition coefficient (Wildman–Crippen LogP) is 1.09. The number of aliphatic hydroxyl groups is 1. The van der Waals surface area contributed by atoms with Crippen LogP contribution in [0.2, 0.25) is 0 Å². The van der Waals surface area contributed by atoms with Gasteiger partial charge in [0.2, 0.25) is 0 Å². The van der Waals surface area contributed by atoms with Gasteiger partial charge in [-0.25, -0.2) is 8.78 Å². The third kappa shape index (κ3) is 4.13. The number of anilines is 1. The van der Waals surface area contributed by atoms with Gasteiger partial charge in [-0.2, -0.15) is 0 Å². The van der Waals surface area contributed by atoms with Crippen LogP contribution >= 0.6 is 0 Å². The van der Waals surface area contributed by atoms with Crippen molar-refractivity contribution in [1.29, 1.82) is 0 Å². The molecule has 0 bridgehead atoms. The molecule has 1 aromatic heterocycles. The summed E-state index contributed by atoms with van der Waals surface area (Å²) in [5, 5.41) is 14.1. The van der Waals surface area contributed by atoms with E-state index >= 15 is 0 Å². The molecule has 0 aliphatic rings. The third-order valence-electron chi connectivity index (χ3n) is 3.16. The average molecular weight is 323 g/mol. The Morgan fingerprint density at radius 2 is 2.00 bits per heavy atom. The minimum Gasteiger partial charge on any atom is -0.385 e. The van der Waals surface area contributed by atoms with E-state index in [4.69, 9.17) is 0 Å². The first-order valence-corrected chi connectivity index (χ1v) is 6.72. The fourth-order valence-corrected chi connectivity index (χ4v) is 1.97. The first-order chi connectivity index (χ1) is 10.9. The molecular formula is C15H15F2N3O3. The molecule has 0 saturated heterocycles. The Labute approximate surface area is 130 Å². The Kier molecular flexibility index (Phi) is 5.07. The van der Waals surface area contributed by atoms with E-state index in [0.29, 0.717) is 5.69 Å². The van der Waals surface area contributed by atoms with Gasteiger partial charge in [-0.1, -0.05) is 0 Å². The van der Waals surface area contributed by atoms with E-state index in [-0.39, 0.29) is 6.54 Å². The highest BCUT2D eigenvalue weighted by Gasteiger charge is 2.18. The highest BCUT2D eigenvalue weighted by molar-refractivity contribution is 6.39. The number of rotatable bonds is 4. The summed E-state index contributed by atoms with van der Waals surface area (Å²) < 4.78 is 28.0. The molecule has 1 heterocycles. The number of carbonyl (C=O) groups excluding carboxylic acids is 2. The molecule has 1 aromatic carbocycles. The Morgan fingerprint density at radius 3 is 2.65 bits per heavy atom. The number of carbonyl (C=O) groups is 2. The topological polar surface area (TPSA) is 83.4 Å². The second-order valence-electron chi connectivity index (χ2n) is 4.85. The first kappa shape index (κ1) is 16.6. The summed E-state index contributed by atoms with van der Waals surface area (Å²) in [6, 6.07) is 5.88. The smallest absolute Gasteiger partial charge is 0.313 e. The van der Waals surface area contributed by atoms with Gasteiger partial charge in [0, 0.05) is 31.5 Å². The number of halogens is 2. The molecule has 8 heteroatoms. The van der Waals surface area contributed by atoms with Crippen molar-refractivity contribution in [2.45, 2.75) is 6.10 Å². The molecule has 23 heavy (non-hydrogen) atoms. The van der Waals surface area contributed by atoms with Gasteiger partial charge in [0.25, 0.3) is 0 Å². The summed E-state index contributed by atoms with van der Waals surface area (Å²) in [5.74, 6) is -3.84. The highest BCUT2D eigenvalue weighted by atomic mass is 19.1. The maximum atomic E-state index is 13.4. The van der Waals surface area contributed by atoms with Crippen molar-refractivity contribution in [3.63, 3.8) is 0 Å². The lowest BCUT2D eigenvalue weighted by atomic mass is 10.2. The molecule has 2 aromatic rings. The second-order valence-corrected chi connectivity index (χ2v) is 4.85. The fourth-order valence-electron chi connectivity index (χ4n) is 1.97. The molecule has 1 unspecified atom stereocenters. The van der Waals surface area contributed by atoms with Crippen LogP contribution in [-0.4, -0.2) is 28.0 Å². The zero-order chi connectivity index (χ0) is 17.0. The summed E-state index contributed by atoms with van der Waals surface area (Å²) in [5.41, 5.74) is 0.120. The van der Waals surface area contributed by atoms with Gasteiger partial charge in [0.1, 0.15) is 17.7 Å². The van der Waals surface area contributed by atoms with Crippen molar-refractivity contribution < 1.29 is 23.5 Å². The number of aryl methyl sites for hydroxylation is 1. The SMILES string of the molecule is Cn1cccc1C(O)CNC(=O)C(=O)Nc1cc(F)ccc1F. The van der Waals surface area contributed by atoms with E-state index in [0.717, 1.165) is 18.2 Å².